The van der Waals surface area contributed by atoms with Gasteiger partial charge in [-0.3, -0.25) is 14.6 Å². The average molecular weight is 564 g/mol. The van der Waals surface area contributed by atoms with Gasteiger partial charge in [-0.15, -0.1) is 24.0 Å². The number of halogens is 1. The SMILES string of the molecule is CN=C(NCc1ccccc1CN(C)Cc1ccco1)N1CCOC(c2cnn(C)c2)C1.I. The van der Waals surface area contributed by atoms with E-state index in [9.17, 15) is 0 Å². The summed E-state index contributed by atoms with van der Waals surface area (Å²) in [6, 6.07) is 12.5. The third-order valence-corrected chi connectivity index (χ3v) is 5.68. The van der Waals surface area contributed by atoms with E-state index < -0.39 is 0 Å². The number of benzene rings is 1. The molecule has 1 N–H and O–H groups in total. The molecule has 1 atom stereocenters. The Morgan fingerprint density at radius 1 is 1.21 bits per heavy atom. The van der Waals surface area contributed by atoms with Crippen LogP contribution in [0.15, 0.2) is 64.5 Å². The van der Waals surface area contributed by atoms with E-state index in [1.165, 1.54) is 11.1 Å². The molecule has 8 nitrogen and oxygen atoms in total. The van der Waals surface area contributed by atoms with Gasteiger partial charge in [0.1, 0.15) is 11.9 Å². The summed E-state index contributed by atoms with van der Waals surface area (Å²) in [5.41, 5.74) is 3.65. The summed E-state index contributed by atoms with van der Waals surface area (Å²) in [5, 5.41) is 7.83. The van der Waals surface area contributed by atoms with Crippen molar-refractivity contribution >= 4 is 29.9 Å². The number of morpholine rings is 1. The zero-order valence-corrected chi connectivity index (χ0v) is 21.8. The number of aliphatic imine (C=N–C) groups is 1. The zero-order valence-electron chi connectivity index (χ0n) is 19.5. The Balaban J connectivity index is 0.00000306. The Morgan fingerprint density at radius 3 is 2.73 bits per heavy atom. The molecule has 2 aromatic heterocycles. The smallest absolute Gasteiger partial charge is 0.194 e. The lowest BCUT2D eigenvalue weighted by Crippen LogP contribution is -2.48. The van der Waals surface area contributed by atoms with Crippen molar-refractivity contribution in [3.05, 3.63) is 77.5 Å². The van der Waals surface area contributed by atoms with E-state index in [0.29, 0.717) is 13.2 Å². The van der Waals surface area contributed by atoms with Crippen molar-refractivity contribution in [2.45, 2.75) is 25.7 Å². The molecule has 33 heavy (non-hydrogen) atoms. The van der Waals surface area contributed by atoms with E-state index in [1.807, 2.05) is 43.3 Å². The van der Waals surface area contributed by atoms with Crippen molar-refractivity contribution in [2.24, 2.45) is 12.0 Å². The molecule has 0 bridgehead atoms. The lowest BCUT2D eigenvalue weighted by Gasteiger charge is -2.35. The summed E-state index contributed by atoms with van der Waals surface area (Å²) in [6.07, 6.45) is 5.61. The highest BCUT2D eigenvalue weighted by Crippen LogP contribution is 2.22. The molecule has 4 rings (SSSR count). The Labute approximate surface area is 212 Å². The van der Waals surface area contributed by atoms with E-state index in [2.05, 4.69) is 56.5 Å². The first-order valence-corrected chi connectivity index (χ1v) is 11.0. The molecule has 1 aliphatic rings. The van der Waals surface area contributed by atoms with E-state index >= 15 is 0 Å². The minimum Gasteiger partial charge on any atom is -0.468 e. The maximum atomic E-state index is 5.98. The van der Waals surface area contributed by atoms with Crippen molar-refractivity contribution in [1.29, 1.82) is 0 Å². The third-order valence-electron chi connectivity index (χ3n) is 5.68. The highest BCUT2D eigenvalue weighted by molar-refractivity contribution is 14.0. The Hall–Kier alpha value is -2.37. The van der Waals surface area contributed by atoms with Gasteiger partial charge in [0.25, 0.3) is 0 Å². The molecule has 1 aromatic carbocycles. The van der Waals surface area contributed by atoms with Gasteiger partial charge in [0.2, 0.25) is 0 Å². The van der Waals surface area contributed by atoms with Crippen molar-refractivity contribution in [3.63, 3.8) is 0 Å². The molecule has 3 heterocycles. The van der Waals surface area contributed by atoms with Crippen LogP contribution in [-0.2, 0) is 31.4 Å². The maximum Gasteiger partial charge on any atom is 0.194 e. The van der Waals surface area contributed by atoms with E-state index in [-0.39, 0.29) is 30.1 Å². The molecule has 0 spiro atoms. The van der Waals surface area contributed by atoms with Crippen molar-refractivity contribution in [3.8, 4) is 0 Å². The van der Waals surface area contributed by atoms with Crippen LogP contribution >= 0.6 is 24.0 Å². The molecular formula is C24H33IN6O2. The molecule has 0 saturated carbocycles. The van der Waals surface area contributed by atoms with Gasteiger partial charge in [-0.1, -0.05) is 24.3 Å². The second-order valence-electron chi connectivity index (χ2n) is 8.17. The zero-order chi connectivity index (χ0) is 22.3. The lowest BCUT2D eigenvalue weighted by atomic mass is 10.1. The van der Waals surface area contributed by atoms with Crippen LogP contribution in [0.2, 0.25) is 0 Å². The number of hydrogen-bond donors (Lipinski definition) is 1. The number of guanidine groups is 1. The van der Waals surface area contributed by atoms with Gasteiger partial charge in [-0.25, -0.2) is 0 Å². The topological polar surface area (TPSA) is 71.1 Å². The predicted octanol–water partition coefficient (Wildman–Crippen LogP) is 3.41. The van der Waals surface area contributed by atoms with Crippen LogP contribution in [-0.4, -0.2) is 59.3 Å². The van der Waals surface area contributed by atoms with Gasteiger partial charge < -0.3 is 19.4 Å². The van der Waals surface area contributed by atoms with Crippen LogP contribution < -0.4 is 5.32 Å². The summed E-state index contributed by atoms with van der Waals surface area (Å²) in [7, 11) is 5.87. The Kier molecular flexibility index (Phi) is 9.33. The molecule has 1 unspecified atom stereocenters. The molecule has 178 valence electrons. The second kappa shape index (κ2) is 12.2. The van der Waals surface area contributed by atoms with Gasteiger partial charge >= 0.3 is 0 Å². The third kappa shape index (κ3) is 6.81. The first kappa shape index (κ1) is 25.3. The maximum absolute atomic E-state index is 5.98. The fourth-order valence-corrected chi connectivity index (χ4v) is 4.06. The molecule has 1 fully saturated rings. The van der Waals surface area contributed by atoms with Crippen LogP contribution in [0.1, 0.15) is 28.6 Å². The monoisotopic (exact) mass is 564 g/mol. The van der Waals surface area contributed by atoms with Crippen molar-refractivity contribution in [2.75, 3.05) is 33.8 Å². The van der Waals surface area contributed by atoms with Crippen molar-refractivity contribution < 1.29 is 9.15 Å². The van der Waals surface area contributed by atoms with E-state index in [4.69, 9.17) is 9.15 Å². The number of furan rings is 1. The molecule has 0 aliphatic carbocycles. The van der Waals surface area contributed by atoms with Gasteiger partial charge in [-0.05, 0) is 30.3 Å². The number of aryl methyl sites for hydroxylation is 1. The summed E-state index contributed by atoms with van der Waals surface area (Å²) < 4.78 is 13.3. The molecule has 0 amide bonds. The van der Waals surface area contributed by atoms with Crippen LogP contribution in [0.3, 0.4) is 0 Å². The van der Waals surface area contributed by atoms with Crippen molar-refractivity contribution in [1.82, 2.24) is 24.9 Å². The molecular weight excluding hydrogens is 531 g/mol. The van der Waals surface area contributed by atoms with Gasteiger partial charge in [0, 0.05) is 45.5 Å². The van der Waals surface area contributed by atoms with Crippen LogP contribution in [0.5, 0.6) is 0 Å². The number of rotatable bonds is 7. The van der Waals surface area contributed by atoms with Gasteiger partial charge in [-0.2, -0.15) is 5.10 Å². The number of nitrogens with zero attached hydrogens (tertiary/aromatic N) is 5. The quantitative estimate of drug-likeness (QED) is 0.270. The number of hydrogen-bond acceptors (Lipinski definition) is 5. The van der Waals surface area contributed by atoms with Crippen LogP contribution in [0, 0.1) is 0 Å². The first-order valence-electron chi connectivity index (χ1n) is 11.0. The number of ether oxygens (including phenoxy) is 1. The molecule has 0 radical (unpaired) electrons. The lowest BCUT2D eigenvalue weighted by molar-refractivity contribution is -0.00805. The predicted molar refractivity (Wildman–Crippen MR) is 139 cm³/mol. The Morgan fingerprint density at radius 2 is 2.03 bits per heavy atom. The highest BCUT2D eigenvalue weighted by Gasteiger charge is 2.25. The first-order chi connectivity index (χ1) is 15.6. The Bertz CT molecular complexity index is 1020. The number of nitrogens with one attached hydrogen (secondary N) is 1. The fourth-order valence-electron chi connectivity index (χ4n) is 4.06. The van der Waals surface area contributed by atoms with Gasteiger partial charge in [0.05, 0.1) is 32.2 Å². The summed E-state index contributed by atoms with van der Waals surface area (Å²) in [6.45, 7) is 4.56. The fraction of sp³-hybridized carbons (Fsp3) is 0.417. The minimum atomic E-state index is -0.00136. The highest BCUT2D eigenvalue weighted by atomic mass is 127. The second-order valence-corrected chi connectivity index (χ2v) is 8.17. The van der Waals surface area contributed by atoms with Crippen LogP contribution in [0.25, 0.3) is 0 Å². The molecule has 1 saturated heterocycles. The standard InChI is InChI=1S/C24H32N6O2.HI/c1-25-24(30-10-12-32-23(18-30)21-14-27-29(3)16-21)26-13-19-7-4-5-8-20(19)15-28(2)17-22-9-6-11-31-22;/h4-9,11,14,16,23H,10,12-13,15,17-18H2,1-3H3,(H,25,26);1H. The molecule has 1 aliphatic heterocycles. The van der Waals surface area contributed by atoms with Gasteiger partial charge in [0.15, 0.2) is 5.96 Å². The van der Waals surface area contributed by atoms with E-state index in [0.717, 1.165) is 43.5 Å². The molecule has 3 aromatic rings. The summed E-state index contributed by atoms with van der Waals surface area (Å²) in [4.78, 5) is 9.05. The van der Waals surface area contributed by atoms with Crippen LogP contribution in [0.4, 0.5) is 0 Å². The van der Waals surface area contributed by atoms with E-state index in [1.54, 1.807) is 6.26 Å². The largest absolute Gasteiger partial charge is 0.468 e. The summed E-state index contributed by atoms with van der Waals surface area (Å²) >= 11 is 0. The number of aromatic nitrogens is 2. The molecule has 9 heteroatoms. The normalized spacial score (nSPS) is 16.7. The minimum absolute atomic E-state index is 0. The summed E-state index contributed by atoms with van der Waals surface area (Å²) in [5.74, 6) is 1.86. The average Bonchev–Trinajstić information content (AvgIpc) is 3.47.